The molecule has 180 valence electrons. The van der Waals surface area contributed by atoms with E-state index in [0.717, 1.165) is 19.3 Å². The SMILES string of the molecule is CC12CCC(Cc3cc(Cl)c(Cl)c(Br)c3F)(CC1)C2.CNC(C)=O.NC(=O)C1CCCC1. The van der Waals surface area contributed by atoms with Gasteiger partial charge in [0.25, 0.3) is 0 Å². The number of nitrogens with one attached hydrogen (secondary N) is 1. The van der Waals surface area contributed by atoms with Crippen LogP contribution in [0.5, 0.6) is 0 Å². The second-order valence-electron chi connectivity index (χ2n) is 9.81. The van der Waals surface area contributed by atoms with E-state index in [9.17, 15) is 14.0 Å². The van der Waals surface area contributed by atoms with Gasteiger partial charge in [-0.05, 0) is 89.8 Å². The van der Waals surface area contributed by atoms with Crippen molar-refractivity contribution in [3.05, 3.63) is 32.0 Å². The minimum absolute atomic E-state index is 0.00463. The van der Waals surface area contributed by atoms with Crippen LogP contribution in [0.4, 0.5) is 4.39 Å². The molecule has 3 fully saturated rings. The summed E-state index contributed by atoms with van der Waals surface area (Å²) in [4.78, 5) is 20.1. The zero-order valence-electron chi connectivity index (χ0n) is 19.1. The lowest BCUT2D eigenvalue weighted by atomic mass is 9.78. The average Bonchev–Trinajstić information content (AvgIpc) is 3.46. The first-order chi connectivity index (χ1) is 14.9. The molecule has 0 atom stereocenters. The lowest BCUT2D eigenvalue weighted by Gasteiger charge is -2.27. The van der Waals surface area contributed by atoms with Crippen molar-refractivity contribution in [2.24, 2.45) is 22.5 Å². The minimum atomic E-state index is -0.246. The van der Waals surface area contributed by atoms with Crippen molar-refractivity contribution >= 4 is 50.9 Å². The van der Waals surface area contributed by atoms with Crippen molar-refractivity contribution in [3.8, 4) is 0 Å². The summed E-state index contributed by atoms with van der Waals surface area (Å²) in [6.07, 6.45) is 11.4. The zero-order valence-corrected chi connectivity index (χ0v) is 22.2. The summed E-state index contributed by atoms with van der Waals surface area (Å²) >= 11 is 15.2. The minimum Gasteiger partial charge on any atom is -0.369 e. The molecule has 32 heavy (non-hydrogen) atoms. The van der Waals surface area contributed by atoms with Gasteiger partial charge in [-0.3, -0.25) is 9.59 Å². The lowest BCUT2D eigenvalue weighted by molar-refractivity contribution is -0.121. The number of carbonyl (C=O) groups excluding carboxylic acids is 2. The maximum absolute atomic E-state index is 14.3. The predicted molar refractivity (Wildman–Crippen MR) is 132 cm³/mol. The molecule has 8 heteroatoms. The molecule has 0 aromatic heterocycles. The number of nitrogens with two attached hydrogens (primary N) is 1. The van der Waals surface area contributed by atoms with Crippen molar-refractivity contribution in [3.63, 3.8) is 0 Å². The van der Waals surface area contributed by atoms with E-state index < -0.39 is 0 Å². The Morgan fingerprint density at radius 3 is 2.12 bits per heavy atom. The standard InChI is InChI=1S/C15H16BrCl2F.C6H11NO.C3H7NO/c1-14-2-4-15(8-14,5-3-14)7-9-6-10(17)12(18)11(16)13(9)19;7-6(8)5-3-1-2-4-5;1-3(5)4-2/h6H,2-5,7-8H2,1H3;5H,1-4H2,(H2,7,8);1-2H3,(H,4,5). The molecule has 1 aromatic rings. The third-order valence-electron chi connectivity index (χ3n) is 7.17. The van der Waals surface area contributed by atoms with Gasteiger partial charge in [0.1, 0.15) is 5.82 Å². The van der Waals surface area contributed by atoms with E-state index >= 15 is 0 Å². The molecule has 0 aliphatic heterocycles. The van der Waals surface area contributed by atoms with Gasteiger partial charge >= 0.3 is 0 Å². The van der Waals surface area contributed by atoms with E-state index in [1.165, 1.54) is 51.9 Å². The number of hydrogen-bond donors (Lipinski definition) is 2. The molecular weight excluding hydrogens is 518 g/mol. The largest absolute Gasteiger partial charge is 0.369 e. The van der Waals surface area contributed by atoms with Crippen LogP contribution in [-0.4, -0.2) is 18.9 Å². The second kappa shape index (κ2) is 11.5. The summed E-state index contributed by atoms with van der Waals surface area (Å²) in [7, 11) is 1.60. The summed E-state index contributed by atoms with van der Waals surface area (Å²) in [5, 5.41) is 3.09. The summed E-state index contributed by atoms with van der Waals surface area (Å²) in [5.74, 6) is -0.147. The van der Waals surface area contributed by atoms with E-state index in [4.69, 9.17) is 28.9 Å². The monoisotopic (exact) mass is 550 g/mol. The number of carbonyl (C=O) groups is 2. The maximum Gasteiger partial charge on any atom is 0.220 e. The number of hydrogen-bond acceptors (Lipinski definition) is 2. The summed E-state index contributed by atoms with van der Waals surface area (Å²) < 4.78 is 14.6. The molecular formula is C24H34BrCl2FN2O2. The Labute approximate surface area is 209 Å². The van der Waals surface area contributed by atoms with Gasteiger partial charge in [0, 0.05) is 19.9 Å². The number of amides is 2. The van der Waals surface area contributed by atoms with Crippen molar-refractivity contribution in [2.75, 3.05) is 7.05 Å². The maximum atomic E-state index is 14.3. The molecule has 0 heterocycles. The first kappa shape index (κ1) is 27.4. The average molecular weight is 552 g/mol. The normalized spacial score (nSPS) is 26.1. The molecule has 0 radical (unpaired) electrons. The van der Waals surface area contributed by atoms with Crippen LogP contribution in [0, 0.1) is 22.6 Å². The predicted octanol–water partition coefficient (Wildman–Crippen LogP) is 6.82. The Kier molecular flexibility index (Phi) is 9.87. The molecule has 2 amide bonds. The van der Waals surface area contributed by atoms with Crippen LogP contribution < -0.4 is 11.1 Å². The highest BCUT2D eigenvalue weighted by atomic mass is 79.9. The Hall–Kier alpha value is -0.850. The summed E-state index contributed by atoms with van der Waals surface area (Å²) in [5.41, 5.74) is 6.53. The molecule has 0 unspecified atom stereocenters. The van der Waals surface area contributed by atoms with Crippen molar-refractivity contribution in [1.29, 1.82) is 0 Å². The first-order valence-corrected chi connectivity index (χ1v) is 12.8. The van der Waals surface area contributed by atoms with Crippen molar-refractivity contribution < 1.29 is 14.0 Å². The van der Waals surface area contributed by atoms with Gasteiger partial charge in [-0.1, -0.05) is 43.0 Å². The Bertz CT molecular complexity index is 836. The third kappa shape index (κ3) is 7.07. The highest BCUT2D eigenvalue weighted by Crippen LogP contribution is 2.62. The van der Waals surface area contributed by atoms with Crippen LogP contribution >= 0.6 is 39.1 Å². The van der Waals surface area contributed by atoms with Gasteiger partial charge < -0.3 is 11.1 Å². The van der Waals surface area contributed by atoms with Gasteiger partial charge in [0.15, 0.2) is 0 Å². The molecule has 3 N–H and O–H groups in total. The van der Waals surface area contributed by atoms with E-state index in [2.05, 4.69) is 28.2 Å². The molecule has 0 spiro atoms. The quantitative estimate of drug-likeness (QED) is 0.319. The Morgan fingerprint density at radius 2 is 1.75 bits per heavy atom. The number of fused-ring (bicyclic) bond motifs is 2. The van der Waals surface area contributed by atoms with Crippen molar-refractivity contribution in [2.45, 2.75) is 78.1 Å². The van der Waals surface area contributed by atoms with Crippen LogP contribution in [-0.2, 0) is 16.0 Å². The number of benzene rings is 1. The van der Waals surface area contributed by atoms with Crippen LogP contribution in [0.1, 0.15) is 77.2 Å². The Morgan fingerprint density at radius 1 is 1.22 bits per heavy atom. The summed E-state index contributed by atoms with van der Waals surface area (Å²) in [6, 6.07) is 1.70. The van der Waals surface area contributed by atoms with Gasteiger partial charge in [-0.2, -0.15) is 0 Å². The highest BCUT2D eigenvalue weighted by Gasteiger charge is 2.51. The number of halogens is 4. The van der Waals surface area contributed by atoms with E-state index in [1.54, 1.807) is 13.1 Å². The molecule has 3 saturated carbocycles. The smallest absolute Gasteiger partial charge is 0.220 e. The van der Waals surface area contributed by atoms with Crippen molar-refractivity contribution in [1.82, 2.24) is 5.32 Å². The molecule has 2 bridgehead atoms. The number of rotatable bonds is 3. The zero-order chi connectivity index (χ0) is 24.1. The third-order valence-corrected chi connectivity index (χ3v) is 8.93. The van der Waals surface area contributed by atoms with Gasteiger partial charge in [-0.25, -0.2) is 4.39 Å². The Balaban J connectivity index is 0.000000231. The summed E-state index contributed by atoms with van der Waals surface area (Å²) in [6.45, 7) is 3.84. The van der Waals surface area contributed by atoms with E-state index in [0.29, 0.717) is 20.5 Å². The topological polar surface area (TPSA) is 72.2 Å². The van der Waals surface area contributed by atoms with E-state index in [1.807, 2.05) is 0 Å². The molecule has 0 saturated heterocycles. The van der Waals surface area contributed by atoms with Crippen LogP contribution in [0.3, 0.4) is 0 Å². The molecule has 3 aliphatic rings. The van der Waals surface area contributed by atoms with E-state index in [-0.39, 0.29) is 34.0 Å². The molecule has 4 rings (SSSR count). The number of primary amides is 1. The van der Waals surface area contributed by atoms with Crippen LogP contribution in [0.15, 0.2) is 10.5 Å². The molecule has 1 aromatic carbocycles. The van der Waals surface area contributed by atoms with Crippen LogP contribution in [0.2, 0.25) is 10.0 Å². The second-order valence-corrected chi connectivity index (χ2v) is 11.4. The lowest BCUT2D eigenvalue weighted by Crippen LogP contribution is -2.19. The van der Waals surface area contributed by atoms with Crippen LogP contribution in [0.25, 0.3) is 0 Å². The molecule has 4 nitrogen and oxygen atoms in total. The van der Waals surface area contributed by atoms with Gasteiger partial charge in [-0.15, -0.1) is 0 Å². The molecule has 3 aliphatic carbocycles. The van der Waals surface area contributed by atoms with Gasteiger partial charge in [0.05, 0.1) is 14.5 Å². The van der Waals surface area contributed by atoms with Gasteiger partial charge in [0.2, 0.25) is 11.8 Å². The fourth-order valence-corrected chi connectivity index (χ4v) is 6.19. The highest BCUT2D eigenvalue weighted by molar-refractivity contribution is 9.10. The fraction of sp³-hybridized carbons (Fsp3) is 0.667. The fourth-order valence-electron chi connectivity index (χ4n) is 5.25. The first-order valence-electron chi connectivity index (χ1n) is 11.2.